The second kappa shape index (κ2) is 10.2. The summed E-state index contributed by atoms with van der Waals surface area (Å²) in [5.74, 6) is -2.01. The van der Waals surface area contributed by atoms with E-state index < -0.39 is 42.6 Å². The average molecular weight is 562 g/mol. The Morgan fingerprint density at radius 2 is 1.61 bits per heavy atom. The first kappa shape index (κ1) is 29.9. The van der Waals surface area contributed by atoms with Gasteiger partial charge < -0.3 is 14.1 Å². The van der Waals surface area contributed by atoms with Crippen LogP contribution in [-0.4, -0.2) is 77.0 Å². The van der Waals surface area contributed by atoms with E-state index >= 15 is 0 Å². The number of fused-ring (bicyclic) bond motifs is 1. The third kappa shape index (κ3) is 5.55. The predicted molar refractivity (Wildman–Crippen MR) is 151 cm³/mol. The minimum absolute atomic E-state index is 0.0490. The molecule has 38 heavy (non-hydrogen) atoms. The number of nitrogens with zero attached hydrogens (tertiary/aromatic N) is 3. The number of piperazine rings is 1. The molecule has 9 nitrogen and oxygen atoms in total. The molecule has 3 amide bonds. The molecule has 0 N–H and O–H groups in total. The van der Waals surface area contributed by atoms with Crippen molar-refractivity contribution >= 4 is 54.8 Å². The number of hydrogen-bond acceptors (Lipinski definition) is 7. The Hall–Kier alpha value is -2.63. The molecule has 0 bridgehead atoms. The molecule has 0 spiro atoms. The zero-order valence-corrected chi connectivity index (χ0v) is 25.8. The van der Waals surface area contributed by atoms with Gasteiger partial charge in [-0.1, -0.05) is 50.7 Å². The fourth-order valence-electron chi connectivity index (χ4n) is 3.95. The van der Waals surface area contributed by atoms with E-state index in [1.807, 2.05) is 18.2 Å². The van der Waals surface area contributed by atoms with Gasteiger partial charge >= 0.3 is 17.9 Å². The van der Waals surface area contributed by atoms with Crippen LogP contribution in [0.1, 0.15) is 47.1 Å². The lowest BCUT2D eigenvalue weighted by molar-refractivity contribution is -0.166. The van der Waals surface area contributed by atoms with Crippen LogP contribution in [0.4, 0.5) is 4.79 Å². The maximum atomic E-state index is 13.8. The van der Waals surface area contributed by atoms with Crippen molar-refractivity contribution in [3.8, 4) is 0 Å². The summed E-state index contributed by atoms with van der Waals surface area (Å²) < 4.78 is 13.4. The van der Waals surface area contributed by atoms with E-state index in [4.69, 9.17) is 9.16 Å². The smallest absolute Gasteiger partial charge is 0.419 e. The zero-order chi connectivity index (χ0) is 28.8. The number of ether oxygens (including phenoxy) is 1. The minimum atomic E-state index is -2.16. The minimum Gasteiger partial charge on any atom is -0.443 e. The molecule has 11 heteroatoms. The molecule has 1 aliphatic rings. The summed E-state index contributed by atoms with van der Waals surface area (Å²) in [4.78, 5) is 53.0. The summed E-state index contributed by atoms with van der Waals surface area (Å²) in [6.07, 6.45) is 1.17. The Bertz CT molecular complexity index is 1280. The average Bonchev–Trinajstić information content (AvgIpc) is 3.16. The molecule has 1 atom stereocenters. The second-order valence-corrected chi connectivity index (χ2v) is 18.2. The number of rotatable bonds is 6. The Labute approximate surface area is 229 Å². The number of benzene rings is 1. The highest BCUT2D eigenvalue weighted by atomic mass is 32.2. The topological polar surface area (TPSA) is 98.2 Å². The molecule has 2 heterocycles. The standard InChI is InChI=1S/C27H39N3O6SSi/c1-25(2,3)36-24(34)30-16-18(19-13-11-12-14-20(19)30)15-27(37-17-35-38(9,10)26(4,5)6)23(33)28(7)21(31)22(32)29(27)8/h11-14,16H,15,17H2,1-10H3. The lowest BCUT2D eigenvalue weighted by atomic mass is 10.00. The zero-order valence-electron chi connectivity index (χ0n) is 24.0. The quantitative estimate of drug-likeness (QED) is 0.216. The molecule has 0 aliphatic carbocycles. The van der Waals surface area contributed by atoms with Crippen molar-refractivity contribution in [1.29, 1.82) is 0 Å². The summed E-state index contributed by atoms with van der Waals surface area (Å²) >= 11 is 1.19. The molecular formula is C27H39N3O6SSi. The lowest BCUT2D eigenvalue weighted by Crippen LogP contribution is -2.67. The van der Waals surface area contributed by atoms with Crippen molar-refractivity contribution in [2.45, 2.75) is 76.6 Å². The van der Waals surface area contributed by atoms with Crippen LogP contribution in [0.2, 0.25) is 18.1 Å². The number of imide groups is 1. The highest BCUT2D eigenvalue weighted by molar-refractivity contribution is 8.01. The SMILES string of the molecule is CN1C(=O)C(=O)N(C)C(Cc2cn(C(=O)OC(C)(C)C)c3ccccc23)(SCO[Si](C)(C)C(C)(C)C)C1=O. The Balaban J connectivity index is 2.09. The van der Waals surface area contributed by atoms with Gasteiger partial charge in [-0.05, 0) is 50.5 Å². The van der Waals surface area contributed by atoms with E-state index in [2.05, 4.69) is 33.9 Å². The molecule has 3 rings (SSSR count). The molecule has 1 aromatic carbocycles. The maximum Gasteiger partial charge on any atom is 0.419 e. The summed E-state index contributed by atoms with van der Waals surface area (Å²) in [5, 5.41) is 0.698. The summed E-state index contributed by atoms with van der Waals surface area (Å²) in [5.41, 5.74) is 0.591. The molecule has 1 unspecified atom stereocenters. The first-order chi connectivity index (χ1) is 17.3. The van der Waals surface area contributed by atoms with Gasteiger partial charge in [0.2, 0.25) is 0 Å². The molecule has 1 saturated heterocycles. The second-order valence-electron chi connectivity index (χ2n) is 12.2. The third-order valence-electron chi connectivity index (χ3n) is 7.31. The van der Waals surface area contributed by atoms with Crippen molar-refractivity contribution in [2.24, 2.45) is 0 Å². The maximum absolute atomic E-state index is 13.8. The number of thioether (sulfide) groups is 1. The normalized spacial score (nSPS) is 19.5. The van der Waals surface area contributed by atoms with Gasteiger partial charge in [-0.3, -0.25) is 23.9 Å². The summed E-state index contributed by atoms with van der Waals surface area (Å²) in [7, 11) is 0.628. The first-order valence-electron chi connectivity index (χ1n) is 12.5. The predicted octanol–water partition coefficient (Wildman–Crippen LogP) is 4.83. The van der Waals surface area contributed by atoms with Crippen LogP contribution in [0.3, 0.4) is 0 Å². The van der Waals surface area contributed by atoms with Crippen LogP contribution in [-0.2, 0) is 30.0 Å². The van der Waals surface area contributed by atoms with Gasteiger partial charge in [0.05, 0.1) is 11.5 Å². The molecular weight excluding hydrogens is 522 g/mol. The van der Waals surface area contributed by atoms with Gasteiger partial charge in [0.15, 0.2) is 13.2 Å². The Kier molecular flexibility index (Phi) is 8.00. The third-order valence-corrected chi connectivity index (χ3v) is 13.3. The molecule has 0 radical (unpaired) electrons. The molecule has 208 valence electrons. The van der Waals surface area contributed by atoms with Crippen LogP contribution in [0.15, 0.2) is 30.5 Å². The first-order valence-corrected chi connectivity index (χ1v) is 16.4. The molecule has 2 aromatic rings. The fraction of sp³-hybridized carbons (Fsp3) is 0.556. The Morgan fingerprint density at radius 3 is 2.18 bits per heavy atom. The number of likely N-dealkylation sites (N-methyl/N-ethyl adjacent to an activating group) is 2. The summed E-state index contributed by atoms with van der Waals surface area (Å²) in [6, 6.07) is 7.33. The lowest BCUT2D eigenvalue weighted by Gasteiger charge is -2.45. The number of para-hydroxylation sites is 1. The molecule has 0 saturated carbocycles. The van der Waals surface area contributed by atoms with Crippen molar-refractivity contribution in [2.75, 3.05) is 20.0 Å². The Morgan fingerprint density at radius 1 is 1.00 bits per heavy atom. The van der Waals surface area contributed by atoms with Gasteiger partial charge in [0.25, 0.3) is 5.91 Å². The van der Waals surface area contributed by atoms with Gasteiger partial charge in [-0.25, -0.2) is 4.79 Å². The number of carbonyl (C=O) groups is 4. The van der Waals surface area contributed by atoms with Gasteiger partial charge in [-0.15, -0.1) is 0 Å². The van der Waals surface area contributed by atoms with E-state index in [-0.39, 0.29) is 17.4 Å². The summed E-state index contributed by atoms with van der Waals surface area (Å²) in [6.45, 7) is 16.0. The van der Waals surface area contributed by atoms with Crippen molar-refractivity contribution in [3.05, 3.63) is 36.0 Å². The van der Waals surface area contributed by atoms with Crippen LogP contribution in [0.25, 0.3) is 10.9 Å². The van der Waals surface area contributed by atoms with Crippen LogP contribution in [0.5, 0.6) is 0 Å². The number of carbonyl (C=O) groups excluding carboxylic acids is 4. The van der Waals surface area contributed by atoms with Crippen molar-refractivity contribution < 1.29 is 28.3 Å². The monoisotopic (exact) mass is 561 g/mol. The van der Waals surface area contributed by atoms with Crippen LogP contribution >= 0.6 is 11.8 Å². The van der Waals surface area contributed by atoms with E-state index in [1.165, 1.54) is 35.3 Å². The van der Waals surface area contributed by atoms with E-state index in [1.54, 1.807) is 33.0 Å². The van der Waals surface area contributed by atoms with Crippen molar-refractivity contribution in [3.63, 3.8) is 0 Å². The fourth-order valence-corrected chi connectivity index (χ4v) is 6.79. The molecule has 1 aromatic heterocycles. The largest absolute Gasteiger partial charge is 0.443 e. The molecule has 1 aliphatic heterocycles. The van der Waals surface area contributed by atoms with E-state index in [0.29, 0.717) is 11.1 Å². The highest BCUT2D eigenvalue weighted by Gasteiger charge is 2.55. The van der Waals surface area contributed by atoms with Gasteiger partial charge in [0.1, 0.15) is 5.60 Å². The number of amides is 3. The number of aromatic nitrogens is 1. The van der Waals surface area contributed by atoms with E-state index in [9.17, 15) is 19.2 Å². The van der Waals surface area contributed by atoms with Gasteiger partial charge in [-0.2, -0.15) is 0 Å². The van der Waals surface area contributed by atoms with Crippen LogP contribution in [0, 0.1) is 0 Å². The molecule has 1 fully saturated rings. The highest BCUT2D eigenvalue weighted by Crippen LogP contribution is 2.42. The number of hydrogen-bond donors (Lipinski definition) is 0. The van der Waals surface area contributed by atoms with Gasteiger partial charge in [0, 0.05) is 32.1 Å². The van der Waals surface area contributed by atoms with Crippen molar-refractivity contribution in [1.82, 2.24) is 14.4 Å². The van der Waals surface area contributed by atoms with Crippen LogP contribution < -0.4 is 0 Å². The van der Waals surface area contributed by atoms with E-state index in [0.717, 1.165) is 10.3 Å².